The number of fused-ring (bicyclic) bond motifs is 1. The number of nitro benzene ring substituents is 1. The van der Waals surface area contributed by atoms with E-state index in [1.54, 1.807) is 26.8 Å². The number of aromatic nitrogens is 2. The summed E-state index contributed by atoms with van der Waals surface area (Å²) in [7, 11) is 0. The van der Waals surface area contributed by atoms with Gasteiger partial charge in [-0.2, -0.15) is 9.78 Å². The highest BCUT2D eigenvalue weighted by Gasteiger charge is 2.23. The van der Waals surface area contributed by atoms with Gasteiger partial charge < -0.3 is 4.74 Å². The number of halogens is 1. The molecule has 0 aliphatic carbocycles. The number of rotatable bonds is 1. The third-order valence-electron chi connectivity index (χ3n) is 2.39. The molecule has 1 aromatic heterocycles. The second kappa shape index (κ2) is 4.86. The van der Waals surface area contributed by atoms with Gasteiger partial charge in [0, 0.05) is 10.5 Å². The minimum atomic E-state index is -0.681. The van der Waals surface area contributed by atoms with Gasteiger partial charge in [0.25, 0.3) is 5.69 Å². The highest BCUT2D eigenvalue weighted by atomic mass is 79.9. The average molecular weight is 342 g/mol. The number of nitro groups is 1. The van der Waals surface area contributed by atoms with Crippen LogP contribution < -0.4 is 0 Å². The van der Waals surface area contributed by atoms with Gasteiger partial charge >= 0.3 is 6.09 Å². The van der Waals surface area contributed by atoms with E-state index in [2.05, 4.69) is 21.0 Å². The lowest BCUT2D eigenvalue weighted by Gasteiger charge is -2.19. The molecule has 0 aliphatic heterocycles. The smallest absolute Gasteiger partial charge is 0.435 e. The van der Waals surface area contributed by atoms with Crippen LogP contribution in [0.4, 0.5) is 10.5 Å². The highest BCUT2D eigenvalue weighted by Crippen LogP contribution is 2.30. The first-order valence-corrected chi connectivity index (χ1v) is 6.53. The first-order chi connectivity index (χ1) is 9.19. The molecule has 0 N–H and O–H groups in total. The maximum Gasteiger partial charge on any atom is 0.435 e. The van der Waals surface area contributed by atoms with Crippen molar-refractivity contribution >= 4 is 38.6 Å². The van der Waals surface area contributed by atoms with Crippen molar-refractivity contribution < 1.29 is 14.5 Å². The monoisotopic (exact) mass is 341 g/mol. The largest absolute Gasteiger partial charge is 0.442 e. The van der Waals surface area contributed by atoms with E-state index >= 15 is 0 Å². The van der Waals surface area contributed by atoms with Crippen molar-refractivity contribution in [2.24, 2.45) is 0 Å². The molecule has 0 fully saturated rings. The number of carbonyl (C=O) groups is 1. The maximum absolute atomic E-state index is 12.0. The molecular weight excluding hydrogens is 330 g/mol. The molecule has 0 amide bonds. The van der Waals surface area contributed by atoms with E-state index in [9.17, 15) is 14.9 Å². The summed E-state index contributed by atoms with van der Waals surface area (Å²) < 4.78 is 6.71. The van der Waals surface area contributed by atoms with E-state index in [1.807, 2.05) is 0 Å². The molecule has 0 bridgehead atoms. The Kier molecular flexibility index (Phi) is 3.51. The first kappa shape index (κ1) is 14.4. The van der Waals surface area contributed by atoms with Gasteiger partial charge in [-0.1, -0.05) is 15.9 Å². The fourth-order valence-corrected chi connectivity index (χ4v) is 2.11. The minimum absolute atomic E-state index is 0.121. The fraction of sp³-hybridized carbons (Fsp3) is 0.333. The van der Waals surface area contributed by atoms with E-state index in [4.69, 9.17) is 4.74 Å². The van der Waals surface area contributed by atoms with Crippen LogP contribution in [-0.4, -0.2) is 26.4 Å². The number of hydrogen-bond acceptors (Lipinski definition) is 5. The second-order valence-electron chi connectivity index (χ2n) is 5.15. The summed E-state index contributed by atoms with van der Waals surface area (Å²) >= 11 is 3.18. The zero-order chi connectivity index (χ0) is 15.1. The Morgan fingerprint density at radius 3 is 2.65 bits per heavy atom. The number of hydrogen-bond donors (Lipinski definition) is 0. The third-order valence-corrected chi connectivity index (χ3v) is 2.85. The van der Waals surface area contributed by atoms with Crippen LogP contribution in [0.5, 0.6) is 0 Å². The Hall–Kier alpha value is -1.96. The summed E-state index contributed by atoms with van der Waals surface area (Å²) in [5.74, 6) is 0. The van der Waals surface area contributed by atoms with Crippen LogP contribution in [0.2, 0.25) is 0 Å². The predicted molar refractivity (Wildman–Crippen MR) is 75.7 cm³/mol. The molecule has 1 aromatic carbocycles. The molecule has 20 heavy (non-hydrogen) atoms. The predicted octanol–water partition coefficient (Wildman–Crippen LogP) is 3.49. The summed E-state index contributed by atoms with van der Waals surface area (Å²) in [6.07, 6.45) is 0.601. The van der Waals surface area contributed by atoms with Crippen molar-refractivity contribution in [2.45, 2.75) is 26.4 Å². The number of non-ortho nitro benzene ring substituents is 1. The van der Waals surface area contributed by atoms with Crippen molar-refractivity contribution in [1.29, 1.82) is 0 Å². The first-order valence-electron chi connectivity index (χ1n) is 5.74. The van der Waals surface area contributed by atoms with Crippen LogP contribution in [0.3, 0.4) is 0 Å². The normalized spacial score (nSPS) is 11.6. The summed E-state index contributed by atoms with van der Waals surface area (Å²) in [6.45, 7) is 5.19. The molecule has 0 spiro atoms. The second-order valence-corrected chi connectivity index (χ2v) is 6.07. The van der Waals surface area contributed by atoms with Crippen LogP contribution >= 0.6 is 15.9 Å². The van der Waals surface area contributed by atoms with Crippen molar-refractivity contribution in [3.63, 3.8) is 0 Å². The Bertz CT molecular complexity index is 703. The summed E-state index contributed by atoms with van der Waals surface area (Å²) in [6, 6.07) is 2.95. The van der Waals surface area contributed by atoms with Crippen molar-refractivity contribution in [3.05, 3.63) is 32.9 Å². The molecule has 106 valence electrons. The number of benzene rings is 1. The van der Waals surface area contributed by atoms with Crippen LogP contribution in [0.15, 0.2) is 22.8 Å². The number of nitrogens with zero attached hydrogens (tertiary/aromatic N) is 3. The fourth-order valence-electron chi connectivity index (χ4n) is 1.68. The van der Waals surface area contributed by atoms with E-state index in [0.29, 0.717) is 9.99 Å². The standard InChI is InChI=1S/C12H12BrN3O4/c1-12(2,3)20-11(17)15-9-4-7(13)5-10(16(18)19)8(9)6-14-15/h4-6H,1-3H3. The van der Waals surface area contributed by atoms with Crippen LogP contribution in [0.1, 0.15) is 20.8 Å². The van der Waals surface area contributed by atoms with E-state index in [-0.39, 0.29) is 11.1 Å². The summed E-state index contributed by atoms with van der Waals surface area (Å²) in [4.78, 5) is 22.5. The van der Waals surface area contributed by atoms with Gasteiger partial charge in [0.15, 0.2) is 0 Å². The van der Waals surface area contributed by atoms with Gasteiger partial charge in [-0.05, 0) is 26.8 Å². The molecule has 0 saturated heterocycles. The minimum Gasteiger partial charge on any atom is -0.442 e. The van der Waals surface area contributed by atoms with Gasteiger partial charge in [-0.25, -0.2) is 4.79 Å². The average Bonchev–Trinajstić information content (AvgIpc) is 2.68. The highest BCUT2D eigenvalue weighted by molar-refractivity contribution is 9.10. The van der Waals surface area contributed by atoms with Gasteiger partial charge in [-0.15, -0.1) is 0 Å². The molecule has 2 rings (SSSR count). The van der Waals surface area contributed by atoms with Gasteiger partial charge in [0.1, 0.15) is 5.60 Å². The molecule has 0 atom stereocenters. The quantitative estimate of drug-likeness (QED) is 0.585. The van der Waals surface area contributed by atoms with Crippen LogP contribution in [-0.2, 0) is 4.74 Å². The SMILES string of the molecule is CC(C)(C)OC(=O)n1ncc2c([N+](=O)[O-])cc(Br)cc21. The van der Waals surface area contributed by atoms with Crippen molar-refractivity contribution in [2.75, 3.05) is 0 Å². The molecule has 1 heterocycles. The van der Waals surface area contributed by atoms with Crippen LogP contribution in [0, 0.1) is 10.1 Å². The summed E-state index contributed by atoms with van der Waals surface area (Å²) in [5, 5.41) is 15.2. The molecule has 0 radical (unpaired) electrons. The molecule has 0 saturated carbocycles. The zero-order valence-electron chi connectivity index (χ0n) is 11.1. The lowest BCUT2D eigenvalue weighted by atomic mass is 10.2. The lowest BCUT2D eigenvalue weighted by Crippen LogP contribution is -2.27. The summed E-state index contributed by atoms with van der Waals surface area (Å²) in [5.41, 5.74) is -0.475. The van der Waals surface area contributed by atoms with E-state index in [0.717, 1.165) is 4.68 Å². The Balaban J connectivity index is 2.57. The van der Waals surface area contributed by atoms with E-state index < -0.39 is 16.6 Å². The molecule has 0 aliphatic rings. The van der Waals surface area contributed by atoms with Crippen molar-refractivity contribution in [1.82, 2.24) is 9.78 Å². The number of ether oxygens (including phenoxy) is 1. The molecule has 0 unspecified atom stereocenters. The third kappa shape index (κ3) is 2.79. The molecular formula is C12H12BrN3O4. The van der Waals surface area contributed by atoms with Gasteiger partial charge in [0.05, 0.1) is 22.0 Å². The van der Waals surface area contributed by atoms with E-state index in [1.165, 1.54) is 12.3 Å². The van der Waals surface area contributed by atoms with Crippen LogP contribution in [0.25, 0.3) is 10.9 Å². The number of carbonyl (C=O) groups excluding carboxylic acids is 1. The Labute approximate surface area is 122 Å². The molecule has 8 heteroatoms. The Morgan fingerprint density at radius 1 is 1.45 bits per heavy atom. The Morgan fingerprint density at radius 2 is 2.10 bits per heavy atom. The molecule has 2 aromatic rings. The molecule has 7 nitrogen and oxygen atoms in total. The van der Waals surface area contributed by atoms with Gasteiger partial charge in [-0.3, -0.25) is 10.1 Å². The van der Waals surface area contributed by atoms with Gasteiger partial charge in [0.2, 0.25) is 0 Å². The van der Waals surface area contributed by atoms with Crippen molar-refractivity contribution in [3.8, 4) is 0 Å². The zero-order valence-corrected chi connectivity index (χ0v) is 12.7. The topological polar surface area (TPSA) is 87.3 Å². The lowest BCUT2D eigenvalue weighted by molar-refractivity contribution is -0.383. The maximum atomic E-state index is 12.0.